The largest absolute Gasteiger partial charge is 0.458 e. The lowest BCUT2D eigenvalue weighted by atomic mass is 10.4. The molecule has 94 valence electrons. The van der Waals surface area contributed by atoms with Crippen LogP contribution in [0.3, 0.4) is 0 Å². The summed E-state index contributed by atoms with van der Waals surface area (Å²) in [6, 6.07) is 4.98. The number of H-pyrrole nitrogens is 1. The van der Waals surface area contributed by atoms with Crippen molar-refractivity contribution in [2.75, 3.05) is 7.11 Å². The Hall–Kier alpha value is -2.21. The van der Waals surface area contributed by atoms with E-state index in [1.54, 1.807) is 26.2 Å². The summed E-state index contributed by atoms with van der Waals surface area (Å²) in [7, 11) is 1.59. The van der Waals surface area contributed by atoms with Gasteiger partial charge in [0.1, 0.15) is 18.1 Å². The Kier molecular flexibility index (Phi) is 3.69. The fourth-order valence-corrected chi connectivity index (χ4v) is 1.43. The lowest BCUT2D eigenvalue weighted by Gasteiger charge is -1.94. The number of aliphatic imine (C=N–C) groups is 1. The number of nitrogens with one attached hydrogen (secondary N) is 1. The molecule has 2 heterocycles. The van der Waals surface area contributed by atoms with Gasteiger partial charge in [0.25, 0.3) is 5.56 Å². The predicted octanol–water partition coefficient (Wildman–Crippen LogP) is 1.57. The van der Waals surface area contributed by atoms with Crippen LogP contribution in [0.25, 0.3) is 0 Å². The summed E-state index contributed by atoms with van der Waals surface area (Å²) in [4.78, 5) is 21.8. The van der Waals surface area contributed by atoms with Gasteiger partial charge in [-0.15, -0.1) is 0 Å². The quantitative estimate of drug-likeness (QED) is 0.831. The highest BCUT2D eigenvalue weighted by molar-refractivity contribution is 5.77. The molecule has 0 aliphatic rings. The summed E-state index contributed by atoms with van der Waals surface area (Å²) < 4.78 is 10.3. The van der Waals surface area contributed by atoms with Crippen LogP contribution in [-0.4, -0.2) is 23.3 Å². The van der Waals surface area contributed by atoms with Gasteiger partial charge in [-0.2, -0.15) is 0 Å². The van der Waals surface area contributed by atoms with Crippen molar-refractivity contribution in [1.29, 1.82) is 0 Å². The number of rotatable bonds is 4. The minimum atomic E-state index is -0.228. The predicted molar refractivity (Wildman–Crippen MR) is 66.3 cm³/mol. The molecule has 0 unspecified atom stereocenters. The Morgan fingerprint density at radius 3 is 3.11 bits per heavy atom. The molecule has 2 aromatic heterocycles. The molecule has 0 fully saturated rings. The van der Waals surface area contributed by atoms with Crippen LogP contribution in [0.1, 0.15) is 17.2 Å². The third-order valence-corrected chi connectivity index (χ3v) is 2.14. The molecule has 0 aliphatic heterocycles. The molecule has 18 heavy (non-hydrogen) atoms. The molecule has 0 atom stereocenters. The van der Waals surface area contributed by atoms with Crippen LogP contribution < -0.4 is 5.56 Å². The maximum atomic E-state index is 11.2. The molecular formula is C12H13N3O3. The number of hydrogen-bond acceptors (Lipinski definition) is 5. The van der Waals surface area contributed by atoms with Crippen molar-refractivity contribution in [3.05, 3.63) is 45.8 Å². The average molecular weight is 247 g/mol. The van der Waals surface area contributed by atoms with E-state index < -0.39 is 0 Å². The zero-order valence-electron chi connectivity index (χ0n) is 10.1. The van der Waals surface area contributed by atoms with E-state index in [0.29, 0.717) is 23.8 Å². The molecular weight excluding hydrogens is 234 g/mol. The van der Waals surface area contributed by atoms with Crippen molar-refractivity contribution >= 4 is 12.2 Å². The highest BCUT2D eigenvalue weighted by Gasteiger charge is 2.00. The first-order valence-corrected chi connectivity index (χ1v) is 5.37. The fourth-order valence-electron chi connectivity index (χ4n) is 1.43. The summed E-state index contributed by atoms with van der Waals surface area (Å²) in [6.07, 6.45) is 1.50. The topological polar surface area (TPSA) is 80.5 Å². The van der Waals surface area contributed by atoms with Crippen LogP contribution in [0, 0.1) is 6.92 Å². The van der Waals surface area contributed by atoms with Gasteiger partial charge in [0.15, 0.2) is 0 Å². The zero-order valence-corrected chi connectivity index (χ0v) is 10.1. The SMILES string of the molecule is COCc1ccc(C=Nc2nc(C)cc(=O)[nH]2)o1. The third-order valence-electron chi connectivity index (χ3n) is 2.14. The molecule has 2 aromatic rings. The van der Waals surface area contributed by atoms with Gasteiger partial charge in [-0.3, -0.25) is 9.78 Å². The smallest absolute Gasteiger partial charge is 0.252 e. The van der Waals surface area contributed by atoms with E-state index >= 15 is 0 Å². The molecule has 1 N–H and O–H groups in total. The van der Waals surface area contributed by atoms with E-state index in [4.69, 9.17) is 9.15 Å². The highest BCUT2D eigenvalue weighted by Crippen LogP contribution is 2.08. The molecule has 0 saturated heterocycles. The second-order valence-electron chi connectivity index (χ2n) is 3.71. The number of ether oxygens (including phenoxy) is 1. The molecule has 6 nitrogen and oxygen atoms in total. The lowest BCUT2D eigenvalue weighted by Crippen LogP contribution is -2.05. The molecule has 0 aromatic carbocycles. The van der Waals surface area contributed by atoms with Crippen molar-refractivity contribution in [3.8, 4) is 0 Å². The van der Waals surface area contributed by atoms with E-state index in [-0.39, 0.29) is 11.5 Å². The Morgan fingerprint density at radius 2 is 2.39 bits per heavy atom. The second kappa shape index (κ2) is 5.42. The van der Waals surface area contributed by atoms with Gasteiger partial charge in [0.2, 0.25) is 5.95 Å². The van der Waals surface area contributed by atoms with Gasteiger partial charge in [0, 0.05) is 18.9 Å². The minimum Gasteiger partial charge on any atom is -0.458 e. The summed E-state index contributed by atoms with van der Waals surface area (Å²) >= 11 is 0. The summed E-state index contributed by atoms with van der Waals surface area (Å²) in [5.41, 5.74) is 0.389. The van der Waals surface area contributed by atoms with Gasteiger partial charge in [-0.05, 0) is 19.1 Å². The summed E-state index contributed by atoms with van der Waals surface area (Å²) in [5, 5.41) is 0. The number of aromatic nitrogens is 2. The van der Waals surface area contributed by atoms with E-state index in [1.165, 1.54) is 12.3 Å². The molecule has 0 saturated carbocycles. The first-order valence-electron chi connectivity index (χ1n) is 5.37. The first-order chi connectivity index (χ1) is 8.67. The summed E-state index contributed by atoms with van der Waals surface area (Å²) in [5.74, 6) is 1.54. The average Bonchev–Trinajstić information content (AvgIpc) is 2.74. The maximum absolute atomic E-state index is 11.2. The monoisotopic (exact) mass is 247 g/mol. The van der Waals surface area contributed by atoms with E-state index in [0.717, 1.165) is 0 Å². The van der Waals surface area contributed by atoms with Crippen LogP contribution >= 0.6 is 0 Å². The maximum Gasteiger partial charge on any atom is 0.252 e. The fraction of sp³-hybridized carbons (Fsp3) is 0.250. The molecule has 6 heteroatoms. The van der Waals surface area contributed by atoms with Gasteiger partial charge in [-0.25, -0.2) is 9.98 Å². The van der Waals surface area contributed by atoms with Gasteiger partial charge in [-0.1, -0.05) is 0 Å². The van der Waals surface area contributed by atoms with E-state index in [9.17, 15) is 4.79 Å². The van der Waals surface area contributed by atoms with Crippen molar-refractivity contribution in [2.45, 2.75) is 13.5 Å². The van der Waals surface area contributed by atoms with Crippen molar-refractivity contribution < 1.29 is 9.15 Å². The molecule has 0 radical (unpaired) electrons. The second-order valence-corrected chi connectivity index (χ2v) is 3.71. The van der Waals surface area contributed by atoms with Gasteiger partial charge < -0.3 is 9.15 Å². The number of methoxy groups -OCH3 is 1. The Labute approximate surface area is 103 Å². The van der Waals surface area contributed by atoms with Gasteiger partial charge in [0.05, 0.1) is 6.21 Å². The highest BCUT2D eigenvalue weighted by atomic mass is 16.5. The minimum absolute atomic E-state index is 0.228. The number of hydrogen-bond donors (Lipinski definition) is 1. The van der Waals surface area contributed by atoms with Crippen LogP contribution in [0.5, 0.6) is 0 Å². The molecule has 0 bridgehead atoms. The molecule has 2 rings (SSSR count). The molecule has 0 spiro atoms. The van der Waals surface area contributed by atoms with E-state index in [1.807, 2.05) is 0 Å². The molecule has 0 aliphatic carbocycles. The first kappa shape index (κ1) is 12.3. The number of furan rings is 1. The number of nitrogens with zero attached hydrogens (tertiary/aromatic N) is 2. The van der Waals surface area contributed by atoms with E-state index in [2.05, 4.69) is 15.0 Å². The third kappa shape index (κ3) is 3.14. The Morgan fingerprint density at radius 1 is 1.56 bits per heavy atom. The number of aromatic amines is 1. The normalized spacial score (nSPS) is 11.2. The standard InChI is InChI=1S/C12H13N3O3/c1-8-5-11(16)15-12(14-8)13-6-9-3-4-10(18-9)7-17-2/h3-6H,7H2,1-2H3,(H,14,15,16). The van der Waals surface area contributed by atoms with Crippen LogP contribution in [-0.2, 0) is 11.3 Å². The van der Waals surface area contributed by atoms with Gasteiger partial charge >= 0.3 is 0 Å². The Bertz CT molecular complexity index is 613. The van der Waals surface area contributed by atoms with Crippen LogP contribution in [0.2, 0.25) is 0 Å². The Balaban J connectivity index is 2.16. The number of aryl methyl sites for hydroxylation is 1. The van der Waals surface area contributed by atoms with Crippen LogP contribution in [0.15, 0.2) is 32.4 Å². The molecule has 0 amide bonds. The van der Waals surface area contributed by atoms with Crippen molar-refractivity contribution in [1.82, 2.24) is 9.97 Å². The van der Waals surface area contributed by atoms with Crippen LogP contribution in [0.4, 0.5) is 5.95 Å². The summed E-state index contributed by atoms with van der Waals surface area (Å²) in [6.45, 7) is 2.14. The lowest BCUT2D eigenvalue weighted by molar-refractivity contribution is 0.164. The van der Waals surface area contributed by atoms with Crippen molar-refractivity contribution in [2.24, 2.45) is 4.99 Å². The van der Waals surface area contributed by atoms with Crippen molar-refractivity contribution in [3.63, 3.8) is 0 Å². The zero-order chi connectivity index (χ0) is 13.0.